The Morgan fingerprint density at radius 3 is 3.05 bits per heavy atom. The van der Waals surface area contributed by atoms with Crippen LogP contribution in [0, 0.1) is 0 Å². The summed E-state index contributed by atoms with van der Waals surface area (Å²) < 4.78 is 0. The molecule has 0 fully saturated rings. The molecule has 0 aliphatic heterocycles. The molecule has 0 spiro atoms. The Morgan fingerprint density at radius 1 is 1.63 bits per heavy atom. The van der Waals surface area contributed by atoms with E-state index < -0.39 is 5.91 Å². The molecule has 0 unspecified atom stereocenters. The fourth-order valence-electron chi connectivity index (χ4n) is 1.23. The summed E-state index contributed by atoms with van der Waals surface area (Å²) in [5.41, 5.74) is 7.19. The maximum Gasteiger partial charge on any atom is 0.294 e. The number of nitrogens with zero attached hydrogens (tertiary/aromatic N) is 2. The highest BCUT2D eigenvalue weighted by Gasteiger charge is 2.16. The molecule has 0 atom stereocenters. The molecule has 0 aromatic carbocycles. The lowest BCUT2D eigenvalue weighted by atomic mass is 10.3. The number of hydrogen-bond acceptors (Lipinski definition) is 6. The summed E-state index contributed by atoms with van der Waals surface area (Å²) >= 11 is 1.14. The molecule has 1 aromatic heterocycles. The van der Waals surface area contributed by atoms with Crippen LogP contribution in [0.1, 0.15) is 31.9 Å². The first-order valence-corrected chi connectivity index (χ1v) is 6.69. The van der Waals surface area contributed by atoms with Crippen molar-refractivity contribution >= 4 is 34.5 Å². The Morgan fingerprint density at radius 2 is 2.42 bits per heavy atom. The van der Waals surface area contributed by atoms with Crippen LogP contribution < -0.4 is 11.1 Å². The average molecular weight is 283 g/mol. The highest BCUT2D eigenvalue weighted by atomic mass is 32.1. The van der Waals surface area contributed by atoms with Gasteiger partial charge in [0.25, 0.3) is 5.91 Å². The fraction of sp³-hybridized carbons (Fsp3) is 0.455. The molecule has 103 valence electrons. The van der Waals surface area contributed by atoms with Gasteiger partial charge in [0.2, 0.25) is 6.41 Å². The molecular weight excluding hydrogens is 268 g/mol. The molecule has 19 heavy (non-hydrogen) atoms. The van der Waals surface area contributed by atoms with Gasteiger partial charge in [0, 0.05) is 5.38 Å². The third-order valence-corrected chi connectivity index (χ3v) is 2.91. The minimum atomic E-state index is -0.974. The molecule has 0 aliphatic rings. The number of unbranched alkanes of at least 4 members (excludes halogenated alkanes) is 2. The number of carbonyl (C=O) groups excluding carboxylic acids is 2. The van der Waals surface area contributed by atoms with Crippen LogP contribution in [0.3, 0.4) is 0 Å². The van der Waals surface area contributed by atoms with Gasteiger partial charge in [-0.15, -0.1) is 11.3 Å². The van der Waals surface area contributed by atoms with E-state index in [1.807, 2.05) is 0 Å². The summed E-state index contributed by atoms with van der Waals surface area (Å²) in [6.45, 7) is 2.47. The Labute approximate surface area is 114 Å². The first-order chi connectivity index (χ1) is 9.19. The zero-order chi connectivity index (χ0) is 14.1. The van der Waals surface area contributed by atoms with Crippen LogP contribution in [-0.4, -0.2) is 29.6 Å². The van der Waals surface area contributed by atoms with Crippen molar-refractivity contribution in [1.29, 1.82) is 0 Å². The van der Waals surface area contributed by atoms with Gasteiger partial charge in [-0.25, -0.2) is 4.98 Å². The van der Waals surface area contributed by atoms with E-state index >= 15 is 0 Å². The smallest absolute Gasteiger partial charge is 0.294 e. The summed E-state index contributed by atoms with van der Waals surface area (Å²) in [5, 5.41) is 7.88. The predicted octanol–water partition coefficient (Wildman–Crippen LogP) is 1.43. The molecule has 1 radical (unpaired) electrons. The largest absolute Gasteiger partial charge is 0.395 e. The van der Waals surface area contributed by atoms with Gasteiger partial charge in [-0.3, -0.25) is 15.3 Å². The van der Waals surface area contributed by atoms with Crippen molar-refractivity contribution in [1.82, 2.24) is 10.7 Å². The van der Waals surface area contributed by atoms with Crippen molar-refractivity contribution in [2.75, 3.05) is 11.9 Å². The maximum absolute atomic E-state index is 11.2. The summed E-state index contributed by atoms with van der Waals surface area (Å²) in [6.07, 6.45) is 3.41. The zero-order valence-corrected chi connectivity index (χ0v) is 11.3. The van der Waals surface area contributed by atoms with Gasteiger partial charge < -0.3 is 10.2 Å². The molecule has 2 amide bonds. The molecule has 0 saturated heterocycles. The van der Waals surface area contributed by atoms with Crippen molar-refractivity contribution in [3.8, 4) is 0 Å². The number of carbonyl (C=O) groups is 2. The van der Waals surface area contributed by atoms with E-state index in [0.717, 1.165) is 30.6 Å². The topological polar surface area (TPSA) is 104 Å². The van der Waals surface area contributed by atoms with E-state index in [0.29, 0.717) is 18.1 Å². The number of amides is 2. The highest BCUT2D eigenvalue weighted by Crippen LogP contribution is 2.15. The van der Waals surface area contributed by atoms with Crippen molar-refractivity contribution in [3.05, 3.63) is 11.1 Å². The molecular formula is C11H15N4O3S. The summed E-state index contributed by atoms with van der Waals surface area (Å²) in [5.74, 6) is -0.974. The molecule has 1 heterocycles. The lowest BCUT2D eigenvalue weighted by Gasteiger charge is -2.00. The van der Waals surface area contributed by atoms with Crippen molar-refractivity contribution in [2.45, 2.75) is 26.2 Å². The number of oxime groups is 1. The summed E-state index contributed by atoms with van der Waals surface area (Å²) in [6, 6.07) is 0. The number of hydrogen-bond donors (Lipinski definition) is 1. The molecule has 7 nitrogen and oxygen atoms in total. The van der Waals surface area contributed by atoms with E-state index in [1.165, 1.54) is 5.38 Å². The van der Waals surface area contributed by atoms with E-state index in [-0.39, 0.29) is 11.4 Å². The second-order valence-corrected chi connectivity index (χ2v) is 4.47. The third-order valence-electron chi connectivity index (χ3n) is 2.14. The molecule has 0 bridgehead atoms. The second-order valence-electron chi connectivity index (χ2n) is 3.61. The summed E-state index contributed by atoms with van der Waals surface area (Å²) in [4.78, 5) is 30.4. The van der Waals surface area contributed by atoms with Gasteiger partial charge in [-0.2, -0.15) is 0 Å². The van der Waals surface area contributed by atoms with E-state index in [9.17, 15) is 9.59 Å². The first kappa shape index (κ1) is 15.1. The minimum Gasteiger partial charge on any atom is -0.395 e. The molecule has 0 saturated carbocycles. The molecule has 8 heteroatoms. The third kappa shape index (κ3) is 5.04. The monoisotopic (exact) mass is 283 g/mol. The zero-order valence-electron chi connectivity index (χ0n) is 10.5. The van der Waals surface area contributed by atoms with Crippen molar-refractivity contribution in [3.63, 3.8) is 0 Å². The molecule has 1 rings (SSSR count). The SMILES string of the molecule is CCCCCON=C(C([NH])=O)c1csc(NC=O)n1. The van der Waals surface area contributed by atoms with Gasteiger partial charge in [-0.1, -0.05) is 24.9 Å². The number of aromatic nitrogens is 1. The fourth-order valence-corrected chi connectivity index (χ4v) is 1.89. The Hall–Kier alpha value is -1.96. The first-order valence-electron chi connectivity index (χ1n) is 5.81. The van der Waals surface area contributed by atoms with Gasteiger partial charge >= 0.3 is 0 Å². The second kappa shape index (κ2) is 8.20. The van der Waals surface area contributed by atoms with Crippen LogP contribution in [0.2, 0.25) is 0 Å². The van der Waals surface area contributed by atoms with E-state index in [2.05, 4.69) is 22.4 Å². The number of anilines is 1. The quantitative estimate of drug-likeness (QED) is 0.320. The van der Waals surface area contributed by atoms with Gasteiger partial charge in [0.1, 0.15) is 12.3 Å². The number of rotatable bonds is 9. The molecule has 1 aromatic rings. The lowest BCUT2D eigenvalue weighted by molar-refractivity contribution is -0.112. The van der Waals surface area contributed by atoms with Crippen LogP contribution in [0.15, 0.2) is 10.5 Å². The van der Waals surface area contributed by atoms with Crippen LogP contribution in [0.5, 0.6) is 0 Å². The maximum atomic E-state index is 11.2. The van der Waals surface area contributed by atoms with Gasteiger partial charge in [0.05, 0.1) is 0 Å². The van der Waals surface area contributed by atoms with Crippen molar-refractivity contribution in [2.24, 2.45) is 5.16 Å². The molecule has 2 N–H and O–H groups in total. The van der Waals surface area contributed by atoms with E-state index in [4.69, 9.17) is 10.6 Å². The van der Waals surface area contributed by atoms with Crippen LogP contribution >= 0.6 is 11.3 Å². The van der Waals surface area contributed by atoms with Crippen LogP contribution in [-0.2, 0) is 14.4 Å². The lowest BCUT2D eigenvalue weighted by Crippen LogP contribution is -2.17. The predicted molar refractivity (Wildman–Crippen MR) is 71.9 cm³/mol. The minimum absolute atomic E-state index is 0.160. The average Bonchev–Trinajstić information content (AvgIpc) is 2.82. The normalized spacial score (nSPS) is 11.1. The number of nitrogens with one attached hydrogen (secondary N) is 2. The Balaban J connectivity index is 2.67. The Kier molecular flexibility index (Phi) is 6.51. The van der Waals surface area contributed by atoms with Crippen LogP contribution in [0.25, 0.3) is 0 Å². The highest BCUT2D eigenvalue weighted by molar-refractivity contribution is 7.14. The molecule has 0 aliphatic carbocycles. The van der Waals surface area contributed by atoms with Crippen LogP contribution in [0.4, 0.5) is 5.13 Å². The summed E-state index contributed by atoms with van der Waals surface area (Å²) in [7, 11) is 0. The Bertz CT molecular complexity index is 459. The number of thiazole rings is 1. The van der Waals surface area contributed by atoms with Crippen molar-refractivity contribution < 1.29 is 14.4 Å². The van der Waals surface area contributed by atoms with Gasteiger partial charge in [-0.05, 0) is 6.42 Å². The van der Waals surface area contributed by atoms with E-state index in [1.54, 1.807) is 0 Å². The van der Waals surface area contributed by atoms with Gasteiger partial charge in [0.15, 0.2) is 10.8 Å². The standard InChI is InChI=1S/C11H15N4O3S/c1-2-3-4-5-18-15-9(10(12)17)8-6-19-11(14-8)13-7-16/h6-7,12H,2-5H2,1H3,(H,13,14,16).